The summed E-state index contributed by atoms with van der Waals surface area (Å²) in [6.45, 7) is 3.06. The monoisotopic (exact) mass is 378 g/mol. The predicted molar refractivity (Wildman–Crippen MR) is 90.7 cm³/mol. The lowest BCUT2D eigenvalue weighted by atomic mass is 10.1. The fourth-order valence-electron chi connectivity index (χ4n) is 3.04. The number of amides is 1. The third-order valence-corrected chi connectivity index (χ3v) is 4.61. The number of alkyl halides is 3. The van der Waals surface area contributed by atoms with E-state index < -0.39 is 12.1 Å². The van der Waals surface area contributed by atoms with Crippen molar-refractivity contribution in [3.05, 3.63) is 35.9 Å². The molecule has 1 aliphatic carbocycles. The van der Waals surface area contributed by atoms with E-state index in [1.165, 1.54) is 0 Å². The Morgan fingerprint density at radius 3 is 2.81 bits per heavy atom. The molecule has 0 saturated heterocycles. The first-order valence-electron chi connectivity index (χ1n) is 8.61. The Morgan fingerprint density at radius 2 is 2.15 bits per heavy atom. The zero-order chi connectivity index (χ0) is 19.2. The molecular formula is C18H17F3N4O2. The fraction of sp³-hybridized carbons (Fsp3) is 0.389. The number of halogens is 3. The molecule has 0 bridgehead atoms. The zero-order valence-corrected chi connectivity index (χ0v) is 14.5. The van der Waals surface area contributed by atoms with Crippen molar-refractivity contribution in [2.24, 2.45) is 5.92 Å². The van der Waals surface area contributed by atoms with E-state index in [2.05, 4.69) is 20.0 Å². The summed E-state index contributed by atoms with van der Waals surface area (Å²) >= 11 is 0. The maximum atomic E-state index is 12.6. The Labute approximate surface area is 152 Å². The highest BCUT2D eigenvalue weighted by atomic mass is 19.4. The lowest BCUT2D eigenvalue weighted by Crippen LogP contribution is -2.28. The van der Waals surface area contributed by atoms with Gasteiger partial charge in [-0.05, 0) is 43.5 Å². The minimum absolute atomic E-state index is 0.100. The van der Waals surface area contributed by atoms with Gasteiger partial charge in [0.05, 0.1) is 0 Å². The molecule has 4 rings (SSSR count). The first-order chi connectivity index (χ1) is 12.8. The number of carbonyl (C=O) groups excluding carboxylic acids is 1. The van der Waals surface area contributed by atoms with Crippen LogP contribution in [0.1, 0.15) is 24.3 Å². The molecule has 3 aromatic rings. The lowest BCUT2D eigenvalue weighted by Gasteiger charge is -2.07. The average molecular weight is 378 g/mol. The van der Waals surface area contributed by atoms with Crippen molar-refractivity contribution in [2.45, 2.75) is 32.5 Å². The van der Waals surface area contributed by atoms with E-state index in [-0.39, 0.29) is 17.6 Å². The highest BCUT2D eigenvalue weighted by Gasteiger charge is 2.38. The zero-order valence-electron chi connectivity index (χ0n) is 14.5. The Kier molecular flexibility index (Phi) is 4.16. The smallest absolute Gasteiger partial charge is 0.354 e. The van der Waals surface area contributed by atoms with Crippen LogP contribution in [0.2, 0.25) is 0 Å². The van der Waals surface area contributed by atoms with Gasteiger partial charge in [-0.25, -0.2) is 0 Å². The summed E-state index contributed by atoms with van der Waals surface area (Å²) in [5.41, 5.74) is 2.35. The molecule has 0 spiro atoms. The maximum Gasteiger partial charge on any atom is 0.471 e. The van der Waals surface area contributed by atoms with Crippen LogP contribution in [0.15, 0.2) is 28.9 Å². The molecule has 2 heterocycles. The second-order valence-electron chi connectivity index (χ2n) is 6.72. The van der Waals surface area contributed by atoms with Crippen molar-refractivity contribution in [1.82, 2.24) is 20.0 Å². The van der Waals surface area contributed by atoms with E-state index in [0.717, 1.165) is 29.3 Å². The van der Waals surface area contributed by atoms with E-state index in [9.17, 15) is 18.0 Å². The topological polar surface area (TPSA) is 73.0 Å². The van der Waals surface area contributed by atoms with Gasteiger partial charge in [0.2, 0.25) is 11.7 Å². The quantitative estimate of drug-likeness (QED) is 0.737. The minimum atomic E-state index is -4.67. The lowest BCUT2D eigenvalue weighted by molar-refractivity contribution is -0.159. The molecular weight excluding hydrogens is 361 g/mol. The van der Waals surface area contributed by atoms with Crippen molar-refractivity contribution >= 4 is 16.8 Å². The summed E-state index contributed by atoms with van der Waals surface area (Å²) in [6, 6.07) is 5.21. The molecule has 142 valence electrons. The molecule has 6 nitrogen and oxygen atoms in total. The number of carbonyl (C=O) groups is 1. The van der Waals surface area contributed by atoms with Crippen molar-refractivity contribution < 1.29 is 22.5 Å². The summed E-state index contributed by atoms with van der Waals surface area (Å²) in [5, 5.41) is 7.24. The Hall–Kier alpha value is -2.84. The van der Waals surface area contributed by atoms with Crippen LogP contribution in [0, 0.1) is 12.8 Å². The number of nitrogens with one attached hydrogen (secondary N) is 1. The highest BCUT2D eigenvalue weighted by molar-refractivity contribution is 5.87. The van der Waals surface area contributed by atoms with Gasteiger partial charge in [0.1, 0.15) is 0 Å². The molecule has 1 N–H and O–H groups in total. The van der Waals surface area contributed by atoms with Crippen LogP contribution in [-0.2, 0) is 17.5 Å². The molecule has 0 aliphatic heterocycles. The van der Waals surface area contributed by atoms with Crippen molar-refractivity contribution in [3.8, 4) is 11.4 Å². The number of aryl methyl sites for hydroxylation is 1. The Morgan fingerprint density at radius 1 is 1.37 bits per heavy atom. The number of rotatable bonds is 5. The number of fused-ring (bicyclic) bond motifs is 1. The van der Waals surface area contributed by atoms with Gasteiger partial charge >= 0.3 is 12.1 Å². The summed E-state index contributed by atoms with van der Waals surface area (Å²) < 4.78 is 44.2. The van der Waals surface area contributed by atoms with Crippen molar-refractivity contribution in [3.63, 3.8) is 0 Å². The minimum Gasteiger partial charge on any atom is -0.354 e. The number of hydrogen-bond donors (Lipinski definition) is 1. The fourth-order valence-corrected chi connectivity index (χ4v) is 3.04. The summed E-state index contributed by atoms with van der Waals surface area (Å²) in [4.78, 5) is 15.1. The second kappa shape index (κ2) is 6.40. The van der Waals surface area contributed by atoms with Crippen LogP contribution in [0.25, 0.3) is 22.3 Å². The van der Waals surface area contributed by atoms with Gasteiger partial charge in [0.25, 0.3) is 0 Å². The predicted octanol–water partition coefficient (Wildman–Crippen LogP) is 3.54. The molecule has 0 radical (unpaired) electrons. The average Bonchev–Trinajstić information content (AvgIpc) is 3.26. The molecule has 1 aromatic carbocycles. The van der Waals surface area contributed by atoms with Gasteiger partial charge in [-0.1, -0.05) is 5.16 Å². The van der Waals surface area contributed by atoms with Gasteiger partial charge in [-0.2, -0.15) is 18.2 Å². The van der Waals surface area contributed by atoms with Crippen LogP contribution >= 0.6 is 0 Å². The molecule has 1 fully saturated rings. The highest BCUT2D eigenvalue weighted by Crippen LogP contribution is 2.31. The molecule has 0 atom stereocenters. The third-order valence-electron chi connectivity index (χ3n) is 4.61. The van der Waals surface area contributed by atoms with Gasteiger partial charge in [0, 0.05) is 41.7 Å². The first kappa shape index (κ1) is 17.6. The molecule has 0 unspecified atom stereocenters. The molecule has 1 saturated carbocycles. The summed E-state index contributed by atoms with van der Waals surface area (Å²) in [7, 11) is 0. The number of hydrogen-bond acceptors (Lipinski definition) is 4. The van der Waals surface area contributed by atoms with Crippen LogP contribution in [0.5, 0.6) is 0 Å². The van der Waals surface area contributed by atoms with Gasteiger partial charge in [-0.3, -0.25) is 4.79 Å². The Balaban J connectivity index is 1.55. The van der Waals surface area contributed by atoms with E-state index in [1.807, 2.05) is 23.8 Å². The van der Waals surface area contributed by atoms with Crippen molar-refractivity contribution in [1.29, 1.82) is 0 Å². The summed E-state index contributed by atoms with van der Waals surface area (Å²) in [6.07, 6.45) is -0.785. The maximum absolute atomic E-state index is 12.6. The number of aromatic nitrogens is 3. The molecule has 27 heavy (non-hydrogen) atoms. The van der Waals surface area contributed by atoms with E-state index in [1.54, 1.807) is 12.1 Å². The molecule has 1 amide bonds. The van der Waals surface area contributed by atoms with Gasteiger partial charge < -0.3 is 14.4 Å². The van der Waals surface area contributed by atoms with Gasteiger partial charge in [0.15, 0.2) is 0 Å². The second-order valence-corrected chi connectivity index (χ2v) is 6.72. The third kappa shape index (κ3) is 3.54. The largest absolute Gasteiger partial charge is 0.471 e. The number of benzene rings is 1. The van der Waals surface area contributed by atoms with E-state index >= 15 is 0 Å². The van der Waals surface area contributed by atoms with Crippen molar-refractivity contribution in [2.75, 3.05) is 6.54 Å². The van der Waals surface area contributed by atoms with Gasteiger partial charge in [-0.15, -0.1) is 0 Å². The van der Waals surface area contributed by atoms with Crippen LogP contribution in [0.4, 0.5) is 13.2 Å². The van der Waals surface area contributed by atoms with Crippen LogP contribution < -0.4 is 5.32 Å². The standard InChI is InChI=1S/C18H17F3N4O2/c1-10-9-25(7-6-22-16(26)11-2-3-11)14-5-4-12(8-13(10)14)15-23-17(27-24-15)18(19,20)21/h4-5,8-9,11H,2-3,6-7H2,1H3,(H,22,26). The molecule has 2 aromatic heterocycles. The summed E-state index contributed by atoms with van der Waals surface area (Å²) in [5.74, 6) is -1.19. The molecule has 1 aliphatic rings. The SMILES string of the molecule is Cc1cn(CCNC(=O)C2CC2)c2ccc(-c3noc(C(F)(F)F)n3)cc12. The number of nitrogens with zero attached hydrogens (tertiary/aromatic N) is 3. The van der Waals surface area contributed by atoms with E-state index in [4.69, 9.17) is 0 Å². The van der Waals surface area contributed by atoms with Crippen LogP contribution in [0.3, 0.4) is 0 Å². The first-order valence-corrected chi connectivity index (χ1v) is 8.61. The Bertz CT molecular complexity index is 1000. The van der Waals surface area contributed by atoms with E-state index in [0.29, 0.717) is 18.7 Å². The van der Waals surface area contributed by atoms with Crippen LogP contribution in [-0.4, -0.2) is 27.2 Å². The normalized spacial score (nSPS) is 14.7. The molecule has 9 heteroatoms.